The van der Waals surface area contributed by atoms with E-state index in [4.69, 9.17) is 5.73 Å². The number of alkyl halides is 3. The number of benzene rings is 2. The number of nitrogens with one attached hydrogen (secondary N) is 4. The van der Waals surface area contributed by atoms with Crippen LogP contribution in [0.25, 0.3) is 0 Å². The summed E-state index contributed by atoms with van der Waals surface area (Å²) in [6.45, 7) is 2.26. The van der Waals surface area contributed by atoms with Gasteiger partial charge in [-0.25, -0.2) is 13.8 Å². The monoisotopic (exact) mass is 707 g/mol. The van der Waals surface area contributed by atoms with Gasteiger partial charge >= 0.3 is 6.18 Å². The van der Waals surface area contributed by atoms with Crippen LogP contribution in [0, 0.1) is 0 Å². The summed E-state index contributed by atoms with van der Waals surface area (Å²) < 4.78 is 66.1. The number of sulfonamides is 1. The van der Waals surface area contributed by atoms with Gasteiger partial charge in [0.2, 0.25) is 21.9 Å². The molecule has 6 N–H and O–H groups in total. The lowest BCUT2D eigenvalue weighted by Gasteiger charge is -2.37. The molecule has 14 nitrogen and oxygen atoms in total. The largest absolute Gasteiger partial charge is 0.416 e. The van der Waals surface area contributed by atoms with Gasteiger partial charge in [0.15, 0.2) is 0 Å². The number of hydrogen-bond acceptors (Lipinski definition) is 8. The second-order valence-electron chi connectivity index (χ2n) is 11.7. The molecule has 2 aliphatic rings. The van der Waals surface area contributed by atoms with Crippen LogP contribution in [0.15, 0.2) is 52.9 Å². The van der Waals surface area contributed by atoms with Gasteiger partial charge in [0.25, 0.3) is 11.8 Å². The summed E-state index contributed by atoms with van der Waals surface area (Å²) in [5, 5.41) is 9.61. The van der Waals surface area contributed by atoms with Crippen LogP contribution in [0.1, 0.15) is 40.4 Å². The van der Waals surface area contributed by atoms with Crippen LogP contribution in [-0.4, -0.2) is 99.9 Å². The molecule has 2 aromatic carbocycles. The van der Waals surface area contributed by atoms with E-state index in [0.717, 1.165) is 12.3 Å². The van der Waals surface area contributed by atoms with Crippen molar-refractivity contribution >= 4 is 45.1 Å². The highest BCUT2D eigenvalue weighted by atomic mass is 32.2. The van der Waals surface area contributed by atoms with E-state index in [-0.39, 0.29) is 74.0 Å². The van der Waals surface area contributed by atoms with Crippen LogP contribution in [0.4, 0.5) is 24.5 Å². The zero-order valence-corrected chi connectivity index (χ0v) is 28.4. The molecule has 0 atom stereocenters. The van der Waals surface area contributed by atoms with Crippen LogP contribution >= 0.6 is 0 Å². The molecule has 0 saturated carbocycles. The molecule has 0 aromatic heterocycles. The molecule has 0 bridgehead atoms. The number of para-hydroxylation sites is 1. The maximum Gasteiger partial charge on any atom is 0.416 e. The van der Waals surface area contributed by atoms with E-state index in [1.807, 2.05) is 0 Å². The summed E-state index contributed by atoms with van der Waals surface area (Å²) in [5.74, 6) is -1.51. The lowest BCUT2D eigenvalue weighted by Crippen LogP contribution is -2.51. The molecule has 49 heavy (non-hydrogen) atoms. The Morgan fingerprint density at radius 2 is 1.59 bits per heavy atom. The SMILES string of the molecule is CC/C(NCC(=O)Nc1ccc(C(F)(F)F)c2c1CC2)=C(/C(=O)N/N=C(\N)N(C)C)N1CCN(C(=O)c2ccccc2NS(C)(=O)=O)CC1. The molecule has 0 unspecified atom stereocenters. The minimum atomic E-state index is -4.48. The maximum atomic E-state index is 13.6. The van der Waals surface area contributed by atoms with Crippen LogP contribution in [-0.2, 0) is 38.6 Å². The molecular formula is C31H40F3N9O5S. The Bertz CT molecular complexity index is 1770. The minimum absolute atomic E-state index is 0.0306. The molecule has 1 heterocycles. The minimum Gasteiger partial charge on any atom is -0.378 e. The van der Waals surface area contributed by atoms with E-state index in [1.165, 1.54) is 23.1 Å². The number of nitrogens with two attached hydrogens (primary N) is 1. The first-order valence-electron chi connectivity index (χ1n) is 15.4. The van der Waals surface area contributed by atoms with E-state index >= 15 is 0 Å². The summed E-state index contributed by atoms with van der Waals surface area (Å²) in [7, 11) is -0.355. The van der Waals surface area contributed by atoms with Gasteiger partial charge in [0.1, 0.15) is 5.70 Å². The number of piperazine rings is 1. The number of rotatable bonds is 11. The first-order chi connectivity index (χ1) is 23.0. The quantitative estimate of drug-likeness (QED) is 0.101. The molecule has 2 aromatic rings. The number of anilines is 2. The fourth-order valence-corrected chi connectivity index (χ4v) is 6.05. The molecule has 1 fully saturated rings. The molecule has 1 saturated heterocycles. The van der Waals surface area contributed by atoms with Crippen molar-refractivity contribution < 1.29 is 36.0 Å². The number of allylic oxidation sites excluding steroid dienone is 1. The predicted molar refractivity (Wildman–Crippen MR) is 179 cm³/mol. The average molecular weight is 708 g/mol. The zero-order valence-electron chi connectivity index (χ0n) is 27.6. The molecule has 0 radical (unpaired) electrons. The van der Waals surface area contributed by atoms with Crippen molar-refractivity contribution in [3.8, 4) is 0 Å². The number of amides is 3. The Labute approximate surface area is 282 Å². The van der Waals surface area contributed by atoms with E-state index in [9.17, 15) is 36.0 Å². The van der Waals surface area contributed by atoms with Gasteiger partial charge in [-0.15, -0.1) is 5.10 Å². The van der Waals surface area contributed by atoms with E-state index in [0.29, 0.717) is 23.4 Å². The second-order valence-corrected chi connectivity index (χ2v) is 13.5. The average Bonchev–Trinajstić information content (AvgIpc) is 3.01. The standard InChI is InChI=1S/C31H40F3N9O5S/c1-5-23(36-18-26(44)37-24-13-12-22(31(32,33)34)19-10-11-20(19)24)27(28(45)38-39-30(35)41(2)3)42-14-16-43(17-15-42)29(46)21-8-6-7-9-25(21)40-49(4,47)48/h6-9,12-13,36,40H,5,10-11,14-18H2,1-4H3,(H2,35,39)(H,37,44)(H,38,45)/b27-23+. The molecule has 3 amide bonds. The van der Waals surface area contributed by atoms with Gasteiger partial charge in [-0.1, -0.05) is 19.1 Å². The number of nitrogens with zero attached hydrogens (tertiary/aromatic N) is 4. The van der Waals surface area contributed by atoms with Crippen LogP contribution in [0.2, 0.25) is 0 Å². The number of hydrazone groups is 1. The Morgan fingerprint density at radius 1 is 0.959 bits per heavy atom. The lowest BCUT2D eigenvalue weighted by atomic mass is 9.83. The highest BCUT2D eigenvalue weighted by Gasteiger charge is 2.37. The molecule has 1 aliphatic carbocycles. The van der Waals surface area contributed by atoms with Crippen molar-refractivity contribution in [2.45, 2.75) is 32.4 Å². The van der Waals surface area contributed by atoms with Crippen molar-refractivity contribution in [2.75, 3.05) is 63.1 Å². The van der Waals surface area contributed by atoms with Crippen molar-refractivity contribution in [3.05, 3.63) is 70.0 Å². The highest BCUT2D eigenvalue weighted by Crippen LogP contribution is 2.41. The van der Waals surface area contributed by atoms with Gasteiger partial charge in [-0.05, 0) is 54.7 Å². The second kappa shape index (κ2) is 15.0. The van der Waals surface area contributed by atoms with Crippen molar-refractivity contribution in [1.29, 1.82) is 0 Å². The van der Waals surface area contributed by atoms with Gasteiger partial charge < -0.3 is 31.1 Å². The first kappa shape index (κ1) is 36.8. The summed E-state index contributed by atoms with van der Waals surface area (Å²) in [6, 6.07) is 8.46. The van der Waals surface area contributed by atoms with Crippen molar-refractivity contribution in [3.63, 3.8) is 0 Å². The number of carbonyl (C=O) groups is 3. The molecular weight excluding hydrogens is 667 g/mol. The van der Waals surface area contributed by atoms with Gasteiger partial charge in [0, 0.05) is 51.7 Å². The fraction of sp³-hybridized carbons (Fsp3) is 0.419. The molecule has 4 rings (SSSR count). The Hall–Kier alpha value is -5.00. The molecule has 266 valence electrons. The Balaban J connectivity index is 1.52. The van der Waals surface area contributed by atoms with Crippen molar-refractivity contribution in [2.24, 2.45) is 10.8 Å². The number of fused-ring (bicyclic) bond motifs is 1. The van der Waals surface area contributed by atoms with E-state index < -0.39 is 39.5 Å². The van der Waals surface area contributed by atoms with Crippen molar-refractivity contribution in [1.82, 2.24) is 25.4 Å². The molecule has 0 spiro atoms. The number of halogens is 3. The zero-order chi connectivity index (χ0) is 36.1. The third kappa shape index (κ3) is 9.13. The van der Waals surface area contributed by atoms with Crippen LogP contribution in [0.3, 0.4) is 0 Å². The van der Waals surface area contributed by atoms with Crippen LogP contribution in [0.5, 0.6) is 0 Å². The normalized spacial score (nSPS) is 15.4. The maximum absolute atomic E-state index is 13.6. The van der Waals surface area contributed by atoms with Gasteiger partial charge in [0.05, 0.1) is 29.6 Å². The van der Waals surface area contributed by atoms with Crippen LogP contribution < -0.4 is 26.5 Å². The summed E-state index contributed by atoms with van der Waals surface area (Å²) in [6.07, 6.45) is -2.52. The van der Waals surface area contributed by atoms with E-state index in [1.54, 1.807) is 43.0 Å². The summed E-state index contributed by atoms with van der Waals surface area (Å²) in [5.41, 5.74) is 9.40. The number of hydrogen-bond donors (Lipinski definition) is 5. The third-order valence-corrected chi connectivity index (χ3v) is 8.61. The number of carbonyl (C=O) groups excluding carboxylic acids is 3. The fourth-order valence-electron chi connectivity index (χ4n) is 5.47. The predicted octanol–water partition coefficient (Wildman–Crippen LogP) is 1.69. The smallest absolute Gasteiger partial charge is 0.378 e. The Kier molecular flexibility index (Phi) is 11.3. The topological polar surface area (TPSA) is 182 Å². The summed E-state index contributed by atoms with van der Waals surface area (Å²) in [4.78, 5) is 44.7. The highest BCUT2D eigenvalue weighted by molar-refractivity contribution is 7.92. The van der Waals surface area contributed by atoms with Gasteiger partial charge in [-0.3, -0.25) is 19.1 Å². The summed E-state index contributed by atoms with van der Waals surface area (Å²) >= 11 is 0. The number of guanidine groups is 1. The molecule has 18 heteroatoms. The first-order valence-corrected chi connectivity index (χ1v) is 17.3. The lowest BCUT2D eigenvalue weighted by molar-refractivity contribution is -0.138. The van der Waals surface area contributed by atoms with E-state index in [2.05, 4.69) is 25.9 Å². The Morgan fingerprint density at radius 3 is 2.16 bits per heavy atom. The van der Waals surface area contributed by atoms with Gasteiger partial charge in [-0.2, -0.15) is 13.2 Å². The molecule has 1 aliphatic heterocycles. The third-order valence-electron chi connectivity index (χ3n) is 8.02.